The van der Waals surface area contributed by atoms with Crippen molar-refractivity contribution < 1.29 is 9.53 Å². The van der Waals surface area contributed by atoms with Crippen LogP contribution >= 0.6 is 34.8 Å². The molecule has 0 heterocycles. The third kappa shape index (κ3) is 9.86. The van der Waals surface area contributed by atoms with Gasteiger partial charge < -0.3 is 4.74 Å². The minimum Gasteiger partial charge on any atom is -0.466 e. The molecule has 0 aliphatic heterocycles. The minimum atomic E-state index is -1.24. The summed E-state index contributed by atoms with van der Waals surface area (Å²) in [4.78, 5) is 11.9. The molecule has 0 aromatic carbocycles. The van der Waals surface area contributed by atoms with Crippen LogP contribution in [0.25, 0.3) is 0 Å². The number of hydrogen-bond donors (Lipinski definition) is 0. The average Bonchev–Trinajstić information content (AvgIpc) is 2.45. The minimum absolute atomic E-state index is 0.0244. The van der Waals surface area contributed by atoms with Crippen LogP contribution in [0, 0.1) is 5.92 Å². The summed E-state index contributed by atoms with van der Waals surface area (Å²) in [6.45, 7) is 4.33. The first-order valence-corrected chi connectivity index (χ1v) is 9.39. The molecule has 0 aliphatic rings. The maximum atomic E-state index is 11.9. The Morgan fingerprint density at radius 3 is 2.00 bits per heavy atom. The second-order valence-electron chi connectivity index (χ2n) is 5.46. The average molecular weight is 360 g/mol. The van der Waals surface area contributed by atoms with Crippen molar-refractivity contribution in [2.75, 3.05) is 12.5 Å². The van der Waals surface area contributed by atoms with Crippen LogP contribution in [0.5, 0.6) is 0 Å². The maximum Gasteiger partial charge on any atom is 0.312 e. The summed E-state index contributed by atoms with van der Waals surface area (Å²) in [6.07, 6.45) is 10.3. The van der Waals surface area contributed by atoms with E-state index in [0.29, 0.717) is 13.0 Å². The van der Waals surface area contributed by atoms with E-state index in [1.807, 2.05) is 0 Å². The molecule has 0 rings (SSSR count). The summed E-state index contributed by atoms with van der Waals surface area (Å²) in [7, 11) is 0. The van der Waals surface area contributed by atoms with Crippen molar-refractivity contribution in [2.45, 2.75) is 76.0 Å². The van der Waals surface area contributed by atoms with Gasteiger partial charge in [-0.05, 0) is 13.3 Å². The molecule has 0 spiro atoms. The van der Waals surface area contributed by atoms with Gasteiger partial charge in [-0.3, -0.25) is 4.79 Å². The van der Waals surface area contributed by atoms with Gasteiger partial charge >= 0.3 is 5.97 Å². The van der Waals surface area contributed by atoms with E-state index >= 15 is 0 Å². The Morgan fingerprint density at radius 2 is 1.52 bits per heavy atom. The topological polar surface area (TPSA) is 26.3 Å². The van der Waals surface area contributed by atoms with E-state index in [9.17, 15) is 4.79 Å². The van der Waals surface area contributed by atoms with Gasteiger partial charge in [0.15, 0.2) is 0 Å². The second-order valence-corrected chi connectivity index (χ2v) is 7.27. The highest BCUT2D eigenvalue weighted by Gasteiger charge is 2.39. The molecule has 0 aromatic rings. The summed E-state index contributed by atoms with van der Waals surface area (Å²) in [5.41, 5.74) is 0. The molecule has 0 saturated heterocycles. The van der Waals surface area contributed by atoms with E-state index < -0.39 is 10.3 Å². The number of ether oxygens (including phenoxy) is 1. The molecule has 5 heteroatoms. The summed E-state index contributed by atoms with van der Waals surface area (Å²) < 4.78 is 3.81. The van der Waals surface area contributed by atoms with E-state index in [0.717, 1.165) is 12.8 Å². The molecule has 0 radical (unpaired) electrons. The van der Waals surface area contributed by atoms with Crippen LogP contribution in [0.2, 0.25) is 0 Å². The van der Waals surface area contributed by atoms with E-state index in [2.05, 4.69) is 6.92 Å². The molecule has 1 atom stereocenters. The van der Waals surface area contributed by atoms with Gasteiger partial charge in [0, 0.05) is 0 Å². The number of hydrogen-bond acceptors (Lipinski definition) is 2. The van der Waals surface area contributed by atoms with Crippen molar-refractivity contribution in [3.63, 3.8) is 0 Å². The highest BCUT2D eigenvalue weighted by Crippen LogP contribution is 2.36. The number of esters is 1. The van der Waals surface area contributed by atoms with Gasteiger partial charge in [0.05, 0.1) is 18.4 Å². The highest BCUT2D eigenvalue weighted by atomic mass is 35.5. The number of carbonyl (C=O) groups is 1. The lowest BCUT2D eigenvalue weighted by Crippen LogP contribution is -2.35. The lowest BCUT2D eigenvalue weighted by Gasteiger charge is -2.26. The normalized spacial score (nSPS) is 13.2. The largest absolute Gasteiger partial charge is 0.466 e. The lowest BCUT2D eigenvalue weighted by atomic mass is 9.97. The zero-order valence-electron chi connectivity index (χ0n) is 13.3. The predicted octanol–water partition coefficient (Wildman–Crippen LogP) is 6.11. The molecular weight excluding hydrogens is 331 g/mol. The fourth-order valence-corrected chi connectivity index (χ4v) is 2.90. The monoisotopic (exact) mass is 358 g/mol. The molecule has 1 unspecified atom stereocenters. The predicted molar refractivity (Wildman–Crippen MR) is 92.5 cm³/mol. The van der Waals surface area contributed by atoms with Crippen LogP contribution in [0.4, 0.5) is 0 Å². The van der Waals surface area contributed by atoms with Gasteiger partial charge in [-0.15, -0.1) is 11.6 Å². The van der Waals surface area contributed by atoms with Crippen LogP contribution < -0.4 is 0 Å². The summed E-state index contributed by atoms with van der Waals surface area (Å²) >= 11 is 18.1. The molecule has 126 valence electrons. The number of alkyl halides is 3. The van der Waals surface area contributed by atoms with Gasteiger partial charge in [-0.1, -0.05) is 81.5 Å². The molecule has 2 nitrogen and oxygen atoms in total. The molecule has 0 fully saturated rings. The molecular formula is C16H29Cl3O2. The number of unbranched alkanes of at least 4 members (excludes halogenated alkanes) is 7. The number of carbonyl (C=O) groups excluding carboxylic acids is 1. The molecule has 0 aliphatic carbocycles. The van der Waals surface area contributed by atoms with Crippen molar-refractivity contribution in [1.29, 1.82) is 0 Å². The third-order valence-electron chi connectivity index (χ3n) is 3.61. The summed E-state index contributed by atoms with van der Waals surface area (Å²) in [5.74, 6) is -0.860. The molecule has 0 saturated carbocycles. The number of rotatable bonds is 13. The Morgan fingerprint density at radius 1 is 1.00 bits per heavy atom. The quantitative estimate of drug-likeness (QED) is 0.225. The Labute approximate surface area is 144 Å². The van der Waals surface area contributed by atoms with Crippen molar-refractivity contribution in [1.82, 2.24) is 0 Å². The first-order chi connectivity index (χ1) is 9.99. The van der Waals surface area contributed by atoms with Crippen molar-refractivity contribution >= 4 is 40.8 Å². The second kappa shape index (κ2) is 12.8. The Hall–Kier alpha value is 0.340. The van der Waals surface area contributed by atoms with Gasteiger partial charge in [0.1, 0.15) is 4.33 Å². The number of halogens is 3. The SMILES string of the molecule is CCCCCCCCCCC(C(=O)OCC)C(Cl)(Cl)CCl. The van der Waals surface area contributed by atoms with Crippen molar-refractivity contribution in [3.05, 3.63) is 0 Å². The summed E-state index contributed by atoms with van der Waals surface area (Å²) in [6, 6.07) is 0. The van der Waals surface area contributed by atoms with Gasteiger partial charge in [0.2, 0.25) is 0 Å². The fraction of sp³-hybridized carbons (Fsp3) is 0.938. The highest BCUT2D eigenvalue weighted by molar-refractivity contribution is 6.52. The Bertz CT molecular complexity index is 270. The molecule has 0 aromatic heterocycles. The Balaban J connectivity index is 4.00. The first kappa shape index (κ1) is 21.3. The van der Waals surface area contributed by atoms with Crippen LogP contribution in [0.1, 0.15) is 71.6 Å². The van der Waals surface area contributed by atoms with E-state index in [-0.39, 0.29) is 11.8 Å². The van der Waals surface area contributed by atoms with Crippen LogP contribution in [0.3, 0.4) is 0 Å². The zero-order valence-corrected chi connectivity index (χ0v) is 15.6. The molecule has 0 bridgehead atoms. The fourth-order valence-electron chi connectivity index (χ4n) is 2.32. The summed E-state index contributed by atoms with van der Waals surface area (Å²) in [5, 5.41) is 0. The third-order valence-corrected chi connectivity index (χ3v) is 5.09. The van der Waals surface area contributed by atoms with E-state index in [1.165, 1.54) is 38.5 Å². The van der Waals surface area contributed by atoms with Crippen LogP contribution in [0.15, 0.2) is 0 Å². The van der Waals surface area contributed by atoms with Crippen LogP contribution in [-0.4, -0.2) is 22.8 Å². The zero-order chi connectivity index (χ0) is 16.1. The van der Waals surface area contributed by atoms with Crippen molar-refractivity contribution in [3.8, 4) is 0 Å². The van der Waals surface area contributed by atoms with Crippen molar-refractivity contribution in [2.24, 2.45) is 5.92 Å². The first-order valence-electron chi connectivity index (χ1n) is 8.10. The molecule has 0 amide bonds. The van der Waals surface area contributed by atoms with Crippen LogP contribution in [-0.2, 0) is 9.53 Å². The maximum absolute atomic E-state index is 11.9. The van der Waals surface area contributed by atoms with Gasteiger partial charge in [-0.25, -0.2) is 0 Å². The van der Waals surface area contributed by atoms with E-state index in [1.54, 1.807) is 6.92 Å². The van der Waals surface area contributed by atoms with Gasteiger partial charge in [-0.2, -0.15) is 0 Å². The lowest BCUT2D eigenvalue weighted by molar-refractivity contribution is -0.148. The van der Waals surface area contributed by atoms with Gasteiger partial charge in [0.25, 0.3) is 0 Å². The van der Waals surface area contributed by atoms with E-state index in [4.69, 9.17) is 39.5 Å². The Kier molecular flexibility index (Phi) is 13.0. The smallest absolute Gasteiger partial charge is 0.312 e. The molecule has 0 N–H and O–H groups in total. The molecule has 21 heavy (non-hydrogen) atoms. The standard InChI is InChI=1S/C16H29Cl3O2/c1-3-5-6-7-8-9-10-11-12-14(15(20)21-4-2)16(18,19)13-17/h14H,3-13H2,1-2H3.